The number of benzene rings is 2. The number of hydrogen-bond acceptors (Lipinski definition) is 2. The van der Waals surface area contributed by atoms with E-state index in [0.717, 1.165) is 11.1 Å². The molecule has 0 fully saturated rings. The van der Waals surface area contributed by atoms with Crippen LogP contribution >= 0.6 is 0 Å². The van der Waals surface area contributed by atoms with E-state index in [4.69, 9.17) is 4.74 Å². The van der Waals surface area contributed by atoms with E-state index in [-0.39, 0.29) is 11.6 Å². The molecule has 1 N–H and O–H groups in total. The molecule has 2 aromatic rings. The molecule has 3 heteroatoms. The lowest BCUT2D eigenvalue weighted by Crippen LogP contribution is -2.06. The van der Waals surface area contributed by atoms with Crippen LogP contribution in [0.2, 0.25) is 0 Å². The molecule has 2 nitrogen and oxygen atoms in total. The van der Waals surface area contributed by atoms with Gasteiger partial charge < -0.3 is 10.1 Å². The topological polar surface area (TPSA) is 21.3 Å². The van der Waals surface area contributed by atoms with E-state index in [1.54, 1.807) is 18.2 Å². The third-order valence-electron chi connectivity index (χ3n) is 2.86. The number of ether oxygens (including phenoxy) is 1. The van der Waals surface area contributed by atoms with E-state index in [9.17, 15) is 4.39 Å². The standard InChI is InChI=1S/C15H16FNO/c1-17-10-11-6-3-4-7-12(11)13-8-5-9-14(18-2)15(13)16/h3-9,17H,10H2,1-2H3. The maximum atomic E-state index is 14.2. The van der Waals surface area contributed by atoms with E-state index < -0.39 is 0 Å². The van der Waals surface area contributed by atoms with E-state index >= 15 is 0 Å². The zero-order chi connectivity index (χ0) is 13.0. The lowest BCUT2D eigenvalue weighted by Gasteiger charge is -2.11. The predicted molar refractivity (Wildman–Crippen MR) is 71.2 cm³/mol. The summed E-state index contributed by atoms with van der Waals surface area (Å²) in [4.78, 5) is 0. The molecule has 0 saturated heterocycles. The lowest BCUT2D eigenvalue weighted by molar-refractivity contribution is 0.387. The van der Waals surface area contributed by atoms with Gasteiger partial charge in [-0.15, -0.1) is 0 Å². The van der Waals surface area contributed by atoms with Crippen molar-refractivity contribution >= 4 is 0 Å². The Kier molecular flexibility index (Phi) is 3.95. The van der Waals surface area contributed by atoms with E-state index in [0.29, 0.717) is 12.1 Å². The molecule has 2 aromatic carbocycles. The molecule has 0 spiro atoms. The minimum absolute atomic E-state index is 0.270. The van der Waals surface area contributed by atoms with Crippen molar-refractivity contribution in [2.75, 3.05) is 14.2 Å². The molecule has 0 aliphatic carbocycles. The first kappa shape index (κ1) is 12.6. The summed E-state index contributed by atoms with van der Waals surface area (Å²) in [5, 5.41) is 3.09. The molecule has 2 rings (SSSR count). The largest absolute Gasteiger partial charge is 0.494 e. The number of hydrogen-bond donors (Lipinski definition) is 1. The summed E-state index contributed by atoms with van der Waals surface area (Å²) in [5.74, 6) is -0.0460. The van der Waals surface area contributed by atoms with Crippen molar-refractivity contribution in [3.63, 3.8) is 0 Å². The molecule has 94 valence electrons. The maximum Gasteiger partial charge on any atom is 0.172 e. The van der Waals surface area contributed by atoms with Gasteiger partial charge in [-0.1, -0.05) is 36.4 Å². The van der Waals surface area contributed by atoms with Crippen molar-refractivity contribution < 1.29 is 9.13 Å². The van der Waals surface area contributed by atoms with Crippen LogP contribution in [0.5, 0.6) is 5.75 Å². The number of halogens is 1. The smallest absolute Gasteiger partial charge is 0.172 e. The Morgan fingerprint density at radius 3 is 2.50 bits per heavy atom. The fraction of sp³-hybridized carbons (Fsp3) is 0.200. The average Bonchev–Trinajstić information content (AvgIpc) is 2.40. The minimum atomic E-state index is -0.316. The second-order valence-corrected chi connectivity index (χ2v) is 4.01. The van der Waals surface area contributed by atoms with Gasteiger partial charge in [0.2, 0.25) is 0 Å². The molecule has 0 radical (unpaired) electrons. The van der Waals surface area contributed by atoms with Gasteiger partial charge in [0.25, 0.3) is 0 Å². The first-order chi connectivity index (χ1) is 8.77. The summed E-state index contributed by atoms with van der Waals surface area (Å²) in [5.41, 5.74) is 2.52. The lowest BCUT2D eigenvalue weighted by atomic mass is 9.99. The van der Waals surface area contributed by atoms with Gasteiger partial charge in [0.05, 0.1) is 7.11 Å². The van der Waals surface area contributed by atoms with Crippen LogP contribution in [0.1, 0.15) is 5.56 Å². The fourth-order valence-electron chi connectivity index (χ4n) is 2.00. The Morgan fingerprint density at radius 2 is 1.78 bits per heavy atom. The van der Waals surface area contributed by atoms with Crippen molar-refractivity contribution in [3.8, 4) is 16.9 Å². The van der Waals surface area contributed by atoms with Crippen molar-refractivity contribution in [2.45, 2.75) is 6.54 Å². The summed E-state index contributed by atoms with van der Waals surface area (Å²) >= 11 is 0. The summed E-state index contributed by atoms with van der Waals surface area (Å²) in [6, 6.07) is 13.0. The Balaban J connectivity index is 2.55. The highest BCUT2D eigenvalue weighted by Crippen LogP contribution is 2.31. The van der Waals surface area contributed by atoms with Gasteiger partial charge in [-0.2, -0.15) is 0 Å². The average molecular weight is 245 g/mol. The number of rotatable bonds is 4. The Labute approximate surface area is 106 Å². The molecular weight excluding hydrogens is 229 g/mol. The van der Waals surface area contributed by atoms with Crippen LogP contribution in [0.25, 0.3) is 11.1 Å². The van der Waals surface area contributed by atoms with Crippen LogP contribution < -0.4 is 10.1 Å². The molecule has 0 unspecified atom stereocenters. The highest BCUT2D eigenvalue weighted by Gasteiger charge is 2.12. The van der Waals surface area contributed by atoms with E-state index in [1.807, 2.05) is 31.3 Å². The minimum Gasteiger partial charge on any atom is -0.494 e. The highest BCUT2D eigenvalue weighted by atomic mass is 19.1. The quantitative estimate of drug-likeness (QED) is 0.893. The second-order valence-electron chi connectivity index (χ2n) is 4.01. The Morgan fingerprint density at radius 1 is 1.06 bits per heavy atom. The molecule has 0 aliphatic heterocycles. The second kappa shape index (κ2) is 5.65. The Bertz CT molecular complexity index is 540. The summed E-state index contributed by atoms with van der Waals surface area (Å²) in [7, 11) is 3.35. The third-order valence-corrected chi connectivity index (χ3v) is 2.86. The molecule has 0 saturated carbocycles. The molecule has 0 amide bonds. The summed E-state index contributed by atoms with van der Waals surface area (Å²) < 4.78 is 19.2. The van der Waals surface area contributed by atoms with Gasteiger partial charge in [-0.3, -0.25) is 0 Å². The van der Waals surface area contributed by atoms with Gasteiger partial charge in [0.15, 0.2) is 11.6 Å². The molecule has 0 heterocycles. The molecule has 0 atom stereocenters. The van der Waals surface area contributed by atoms with Gasteiger partial charge in [-0.25, -0.2) is 4.39 Å². The van der Waals surface area contributed by atoms with Crippen LogP contribution in [0, 0.1) is 5.82 Å². The third kappa shape index (κ3) is 2.36. The fourth-order valence-corrected chi connectivity index (χ4v) is 2.00. The van der Waals surface area contributed by atoms with Crippen LogP contribution in [0.3, 0.4) is 0 Å². The van der Waals surface area contributed by atoms with Crippen molar-refractivity contribution in [1.29, 1.82) is 0 Å². The monoisotopic (exact) mass is 245 g/mol. The summed E-state index contributed by atoms with van der Waals surface area (Å²) in [6.07, 6.45) is 0. The van der Waals surface area contributed by atoms with Crippen LogP contribution in [0.4, 0.5) is 4.39 Å². The van der Waals surface area contributed by atoms with Gasteiger partial charge in [0, 0.05) is 12.1 Å². The molecular formula is C15H16FNO. The van der Waals surface area contributed by atoms with Crippen LogP contribution in [-0.2, 0) is 6.54 Å². The van der Waals surface area contributed by atoms with Crippen molar-refractivity contribution in [3.05, 3.63) is 53.8 Å². The van der Waals surface area contributed by atoms with Crippen LogP contribution in [0.15, 0.2) is 42.5 Å². The van der Waals surface area contributed by atoms with Crippen LogP contribution in [-0.4, -0.2) is 14.2 Å². The molecule has 0 bridgehead atoms. The van der Waals surface area contributed by atoms with E-state index in [1.165, 1.54) is 7.11 Å². The first-order valence-electron chi connectivity index (χ1n) is 5.83. The number of nitrogens with one attached hydrogen (secondary N) is 1. The molecule has 18 heavy (non-hydrogen) atoms. The summed E-state index contributed by atoms with van der Waals surface area (Å²) in [6.45, 7) is 0.701. The normalized spacial score (nSPS) is 10.4. The van der Waals surface area contributed by atoms with Gasteiger partial charge in [-0.05, 0) is 24.2 Å². The molecule has 0 aliphatic rings. The SMILES string of the molecule is CNCc1ccccc1-c1cccc(OC)c1F. The molecule has 0 aromatic heterocycles. The maximum absolute atomic E-state index is 14.2. The zero-order valence-electron chi connectivity index (χ0n) is 10.5. The van der Waals surface area contributed by atoms with Crippen molar-refractivity contribution in [1.82, 2.24) is 5.32 Å². The number of methoxy groups -OCH3 is 1. The van der Waals surface area contributed by atoms with Gasteiger partial charge in [0.1, 0.15) is 0 Å². The van der Waals surface area contributed by atoms with Crippen molar-refractivity contribution in [2.24, 2.45) is 0 Å². The first-order valence-corrected chi connectivity index (χ1v) is 5.83. The predicted octanol–water partition coefficient (Wildman–Crippen LogP) is 3.22. The zero-order valence-corrected chi connectivity index (χ0v) is 10.5. The van der Waals surface area contributed by atoms with E-state index in [2.05, 4.69) is 5.32 Å². The highest BCUT2D eigenvalue weighted by molar-refractivity contribution is 5.69. The van der Waals surface area contributed by atoms with Gasteiger partial charge >= 0.3 is 0 Å². The Hall–Kier alpha value is -1.87.